The smallest absolute Gasteiger partial charge is 0.264 e. The predicted octanol–water partition coefficient (Wildman–Crippen LogP) is 3.33. The highest BCUT2D eigenvalue weighted by Gasteiger charge is 2.09. The number of aryl methyl sites for hydroxylation is 2. The fraction of sp³-hybridized carbons (Fsp3) is 0.188. The second kappa shape index (κ2) is 5.75. The molecule has 0 fully saturated rings. The molecule has 2 aromatic heterocycles. The Morgan fingerprint density at radius 3 is 2.86 bits per heavy atom. The summed E-state index contributed by atoms with van der Waals surface area (Å²) in [6, 6.07) is 9.74. The molecular formula is C16H15N3O2. The van der Waals surface area contributed by atoms with Gasteiger partial charge in [-0.3, -0.25) is 4.98 Å². The van der Waals surface area contributed by atoms with Crippen molar-refractivity contribution in [2.45, 2.75) is 20.5 Å². The molecule has 0 aliphatic heterocycles. The Bertz CT molecular complexity index is 738. The average Bonchev–Trinajstić information content (AvgIpc) is 2.96. The van der Waals surface area contributed by atoms with Crippen molar-refractivity contribution in [1.29, 1.82) is 0 Å². The number of hydrogen-bond acceptors (Lipinski definition) is 5. The Morgan fingerprint density at radius 1 is 1.19 bits per heavy atom. The number of pyridine rings is 1. The quantitative estimate of drug-likeness (QED) is 0.734. The molecule has 0 aliphatic rings. The molecule has 0 spiro atoms. The first-order valence-electron chi connectivity index (χ1n) is 6.65. The van der Waals surface area contributed by atoms with Crippen molar-refractivity contribution in [2.24, 2.45) is 0 Å². The molecule has 2 heterocycles. The minimum Gasteiger partial charge on any atom is -0.483 e. The summed E-state index contributed by atoms with van der Waals surface area (Å²) in [6.07, 6.45) is 3.40. The summed E-state index contributed by atoms with van der Waals surface area (Å²) in [4.78, 5) is 8.33. The van der Waals surface area contributed by atoms with E-state index in [1.54, 1.807) is 12.4 Å². The summed E-state index contributed by atoms with van der Waals surface area (Å²) in [5.41, 5.74) is 3.11. The van der Waals surface area contributed by atoms with E-state index in [2.05, 4.69) is 28.1 Å². The number of rotatable bonds is 4. The largest absolute Gasteiger partial charge is 0.483 e. The molecule has 0 saturated heterocycles. The molecule has 0 aliphatic carbocycles. The summed E-state index contributed by atoms with van der Waals surface area (Å²) in [6.45, 7) is 4.31. The number of benzene rings is 1. The van der Waals surface area contributed by atoms with E-state index in [4.69, 9.17) is 9.26 Å². The van der Waals surface area contributed by atoms with Gasteiger partial charge in [-0.2, -0.15) is 4.98 Å². The van der Waals surface area contributed by atoms with E-state index in [1.165, 1.54) is 5.56 Å². The van der Waals surface area contributed by atoms with E-state index < -0.39 is 0 Å². The lowest BCUT2D eigenvalue weighted by molar-refractivity contribution is 0.241. The molecule has 0 N–H and O–H groups in total. The van der Waals surface area contributed by atoms with Crippen LogP contribution in [0.4, 0.5) is 0 Å². The highest BCUT2D eigenvalue weighted by molar-refractivity contribution is 5.51. The predicted molar refractivity (Wildman–Crippen MR) is 77.8 cm³/mol. The third-order valence-electron chi connectivity index (χ3n) is 3.07. The minimum absolute atomic E-state index is 0.247. The van der Waals surface area contributed by atoms with Crippen LogP contribution in [-0.2, 0) is 6.61 Å². The molecule has 5 heteroatoms. The van der Waals surface area contributed by atoms with Crippen LogP contribution < -0.4 is 4.74 Å². The van der Waals surface area contributed by atoms with Gasteiger partial charge < -0.3 is 9.26 Å². The van der Waals surface area contributed by atoms with Crippen molar-refractivity contribution in [1.82, 2.24) is 15.1 Å². The van der Waals surface area contributed by atoms with Gasteiger partial charge in [-0.05, 0) is 37.6 Å². The van der Waals surface area contributed by atoms with Crippen molar-refractivity contribution in [2.75, 3.05) is 0 Å². The van der Waals surface area contributed by atoms with Crippen LogP contribution in [0.15, 0.2) is 47.2 Å². The third kappa shape index (κ3) is 3.08. The summed E-state index contributed by atoms with van der Waals surface area (Å²) < 4.78 is 10.9. The van der Waals surface area contributed by atoms with Gasteiger partial charge in [-0.25, -0.2) is 0 Å². The van der Waals surface area contributed by atoms with Gasteiger partial charge in [-0.1, -0.05) is 22.9 Å². The van der Waals surface area contributed by atoms with Crippen LogP contribution in [0, 0.1) is 13.8 Å². The highest BCUT2D eigenvalue weighted by Crippen LogP contribution is 2.20. The van der Waals surface area contributed by atoms with E-state index in [0.717, 1.165) is 16.9 Å². The second-order valence-corrected chi connectivity index (χ2v) is 4.81. The number of ether oxygens (including phenoxy) is 1. The molecule has 0 saturated carbocycles. The molecule has 3 aromatic rings. The topological polar surface area (TPSA) is 61.0 Å². The number of hydrogen-bond donors (Lipinski definition) is 0. The van der Waals surface area contributed by atoms with E-state index in [-0.39, 0.29) is 6.61 Å². The van der Waals surface area contributed by atoms with Crippen molar-refractivity contribution < 1.29 is 9.26 Å². The van der Waals surface area contributed by atoms with E-state index in [9.17, 15) is 0 Å². The van der Waals surface area contributed by atoms with Gasteiger partial charge in [0.1, 0.15) is 5.75 Å². The first kappa shape index (κ1) is 13.3. The zero-order valence-electron chi connectivity index (χ0n) is 11.9. The van der Waals surface area contributed by atoms with E-state index in [1.807, 2.05) is 31.2 Å². The van der Waals surface area contributed by atoms with Gasteiger partial charge in [0.15, 0.2) is 6.61 Å². The van der Waals surface area contributed by atoms with E-state index >= 15 is 0 Å². The summed E-state index contributed by atoms with van der Waals surface area (Å²) >= 11 is 0. The van der Waals surface area contributed by atoms with Gasteiger partial charge in [-0.15, -0.1) is 0 Å². The maximum Gasteiger partial charge on any atom is 0.264 e. The molecule has 5 nitrogen and oxygen atoms in total. The Kier molecular flexibility index (Phi) is 3.64. The van der Waals surface area contributed by atoms with Crippen LogP contribution in [0.25, 0.3) is 11.4 Å². The number of aromatic nitrogens is 3. The Morgan fingerprint density at radius 2 is 2.10 bits per heavy atom. The van der Waals surface area contributed by atoms with Crippen LogP contribution >= 0.6 is 0 Å². The van der Waals surface area contributed by atoms with Crippen LogP contribution in [0.1, 0.15) is 17.0 Å². The van der Waals surface area contributed by atoms with Gasteiger partial charge in [0.05, 0.1) is 0 Å². The molecule has 0 bridgehead atoms. The molecular weight excluding hydrogens is 266 g/mol. The summed E-state index contributed by atoms with van der Waals surface area (Å²) in [5, 5.41) is 3.93. The highest BCUT2D eigenvalue weighted by atomic mass is 16.5. The van der Waals surface area contributed by atoms with Crippen molar-refractivity contribution >= 4 is 0 Å². The fourth-order valence-corrected chi connectivity index (χ4v) is 2.03. The number of nitrogens with zero attached hydrogens (tertiary/aromatic N) is 3. The standard InChI is InChI=1S/C16H15N3O2/c1-11-5-6-14(12(2)8-11)20-10-15-18-16(19-21-15)13-4-3-7-17-9-13/h3-9H,10H2,1-2H3. The maximum atomic E-state index is 5.72. The van der Waals surface area contributed by atoms with Crippen molar-refractivity contribution in [3.05, 3.63) is 59.7 Å². The molecule has 0 radical (unpaired) electrons. The molecule has 0 atom stereocenters. The van der Waals surface area contributed by atoms with E-state index in [0.29, 0.717) is 11.7 Å². The molecule has 1 aromatic carbocycles. The first-order valence-corrected chi connectivity index (χ1v) is 6.65. The first-order chi connectivity index (χ1) is 10.2. The molecule has 21 heavy (non-hydrogen) atoms. The normalized spacial score (nSPS) is 10.6. The lowest BCUT2D eigenvalue weighted by atomic mass is 10.1. The maximum absolute atomic E-state index is 5.72. The monoisotopic (exact) mass is 281 g/mol. The zero-order chi connectivity index (χ0) is 14.7. The van der Waals surface area contributed by atoms with Gasteiger partial charge >= 0.3 is 0 Å². The molecule has 0 amide bonds. The van der Waals surface area contributed by atoms with Crippen molar-refractivity contribution in [3.8, 4) is 17.1 Å². The summed E-state index contributed by atoms with van der Waals surface area (Å²) in [5.74, 6) is 1.78. The van der Waals surface area contributed by atoms with Gasteiger partial charge in [0, 0.05) is 18.0 Å². The zero-order valence-corrected chi connectivity index (χ0v) is 11.9. The Hall–Kier alpha value is -2.69. The Balaban J connectivity index is 1.70. The second-order valence-electron chi connectivity index (χ2n) is 4.81. The lowest BCUT2D eigenvalue weighted by Crippen LogP contribution is -1.97. The molecule has 3 rings (SSSR count). The van der Waals surface area contributed by atoms with Crippen LogP contribution in [-0.4, -0.2) is 15.1 Å². The van der Waals surface area contributed by atoms with Crippen LogP contribution in [0.2, 0.25) is 0 Å². The average molecular weight is 281 g/mol. The Labute approximate surface area is 122 Å². The van der Waals surface area contributed by atoms with Gasteiger partial charge in [0.25, 0.3) is 5.89 Å². The van der Waals surface area contributed by atoms with Crippen molar-refractivity contribution in [3.63, 3.8) is 0 Å². The molecule has 106 valence electrons. The summed E-state index contributed by atoms with van der Waals surface area (Å²) in [7, 11) is 0. The van der Waals surface area contributed by atoms with Crippen LogP contribution in [0.3, 0.4) is 0 Å². The molecule has 0 unspecified atom stereocenters. The van der Waals surface area contributed by atoms with Crippen LogP contribution in [0.5, 0.6) is 5.75 Å². The fourth-order valence-electron chi connectivity index (χ4n) is 2.03. The third-order valence-corrected chi connectivity index (χ3v) is 3.07. The van der Waals surface area contributed by atoms with Gasteiger partial charge in [0.2, 0.25) is 5.82 Å². The SMILES string of the molecule is Cc1ccc(OCc2nc(-c3cccnc3)no2)c(C)c1. The lowest BCUT2D eigenvalue weighted by Gasteiger charge is -2.07. The minimum atomic E-state index is 0.247.